The van der Waals surface area contributed by atoms with Gasteiger partial charge in [0.1, 0.15) is 16.8 Å². The average molecular weight is 312 g/mol. The highest BCUT2D eigenvalue weighted by molar-refractivity contribution is 7.09. The Kier molecular flexibility index (Phi) is 4.86. The summed E-state index contributed by atoms with van der Waals surface area (Å²) in [5, 5.41) is 6.51. The number of carbonyl (C=O) groups excluding carboxylic acids is 1. The Hall–Kier alpha value is -1.73. The predicted molar refractivity (Wildman–Crippen MR) is 80.6 cm³/mol. The van der Waals surface area contributed by atoms with Crippen molar-refractivity contribution in [3.63, 3.8) is 0 Å². The Bertz CT molecular complexity index is 616. The van der Waals surface area contributed by atoms with Gasteiger partial charge >= 0.3 is 0 Å². The molecular formula is C12H14ClN5OS. The zero-order chi connectivity index (χ0) is 14.5. The van der Waals surface area contributed by atoms with Gasteiger partial charge < -0.3 is 5.32 Å². The van der Waals surface area contributed by atoms with E-state index in [1.54, 1.807) is 13.0 Å². The lowest BCUT2D eigenvalue weighted by atomic mass is 10.2. The van der Waals surface area contributed by atoms with E-state index in [4.69, 9.17) is 11.6 Å². The fourth-order valence-corrected chi connectivity index (χ4v) is 2.27. The van der Waals surface area contributed by atoms with E-state index in [1.807, 2.05) is 6.92 Å². The van der Waals surface area contributed by atoms with E-state index >= 15 is 0 Å². The summed E-state index contributed by atoms with van der Waals surface area (Å²) in [5.41, 5.74) is 0.427. The summed E-state index contributed by atoms with van der Waals surface area (Å²) in [4.78, 5) is 20.3. The number of halogens is 1. The van der Waals surface area contributed by atoms with Crippen LogP contribution in [0.4, 0.5) is 10.9 Å². The predicted octanol–water partition coefficient (Wildman–Crippen LogP) is 2.97. The van der Waals surface area contributed by atoms with Crippen LogP contribution >= 0.6 is 23.1 Å². The third-order valence-corrected chi connectivity index (χ3v) is 3.28. The molecule has 6 nitrogen and oxygen atoms in total. The number of hydrogen-bond acceptors (Lipinski definition) is 6. The van der Waals surface area contributed by atoms with E-state index in [2.05, 4.69) is 25.0 Å². The van der Waals surface area contributed by atoms with Crippen LogP contribution in [0.1, 0.15) is 29.5 Å². The normalized spacial score (nSPS) is 10.3. The Balaban J connectivity index is 2.14. The van der Waals surface area contributed by atoms with Crippen molar-refractivity contribution in [3.8, 4) is 0 Å². The number of hydrogen-bond donors (Lipinski definition) is 2. The van der Waals surface area contributed by atoms with Crippen molar-refractivity contribution in [2.45, 2.75) is 20.3 Å². The largest absolute Gasteiger partial charge is 0.370 e. The van der Waals surface area contributed by atoms with Crippen LogP contribution in [-0.2, 0) is 0 Å². The van der Waals surface area contributed by atoms with Crippen LogP contribution in [-0.4, -0.2) is 26.8 Å². The summed E-state index contributed by atoms with van der Waals surface area (Å²) in [6.07, 6.45) is 0.958. The minimum atomic E-state index is -0.287. The highest BCUT2D eigenvalue weighted by Gasteiger charge is 2.11. The first-order valence-corrected chi connectivity index (χ1v) is 7.26. The number of carbonyl (C=O) groups is 1. The second kappa shape index (κ2) is 6.62. The fraction of sp³-hybridized carbons (Fsp3) is 0.333. The number of nitrogens with one attached hydrogen (secondary N) is 2. The highest BCUT2D eigenvalue weighted by Crippen LogP contribution is 2.17. The first-order valence-electron chi connectivity index (χ1n) is 6.11. The number of pyridine rings is 1. The lowest BCUT2D eigenvalue weighted by Crippen LogP contribution is -2.13. The quantitative estimate of drug-likeness (QED) is 0.830. The monoisotopic (exact) mass is 311 g/mol. The number of nitrogens with zero attached hydrogens (tertiary/aromatic N) is 3. The smallest absolute Gasteiger partial charge is 0.257 e. The third kappa shape index (κ3) is 3.88. The van der Waals surface area contributed by atoms with Crippen molar-refractivity contribution in [1.82, 2.24) is 14.3 Å². The molecule has 2 aromatic heterocycles. The summed E-state index contributed by atoms with van der Waals surface area (Å²) < 4.78 is 4.00. The molecule has 0 aromatic carbocycles. The van der Waals surface area contributed by atoms with E-state index in [9.17, 15) is 4.79 Å². The van der Waals surface area contributed by atoms with Crippen molar-refractivity contribution in [1.29, 1.82) is 0 Å². The molecule has 0 aliphatic heterocycles. The molecule has 2 N–H and O–H groups in total. The minimum Gasteiger partial charge on any atom is -0.370 e. The van der Waals surface area contributed by atoms with E-state index in [1.165, 1.54) is 6.07 Å². The lowest BCUT2D eigenvalue weighted by molar-refractivity contribution is 0.102. The molecule has 2 heterocycles. The summed E-state index contributed by atoms with van der Waals surface area (Å²) in [7, 11) is 0. The molecule has 0 radical (unpaired) electrons. The Morgan fingerprint density at radius 3 is 2.85 bits per heavy atom. The van der Waals surface area contributed by atoms with Gasteiger partial charge in [-0.15, -0.1) is 0 Å². The summed E-state index contributed by atoms with van der Waals surface area (Å²) >= 11 is 7.06. The number of anilines is 2. The molecule has 0 aliphatic rings. The Labute approximate surface area is 125 Å². The molecule has 0 bridgehead atoms. The molecule has 2 rings (SSSR count). The van der Waals surface area contributed by atoms with Gasteiger partial charge in [-0.3, -0.25) is 10.1 Å². The summed E-state index contributed by atoms with van der Waals surface area (Å²) in [5.74, 6) is 0.923. The first kappa shape index (κ1) is 14.7. The molecule has 0 saturated carbocycles. The van der Waals surface area contributed by atoms with Gasteiger partial charge in [-0.25, -0.2) is 9.97 Å². The lowest BCUT2D eigenvalue weighted by Gasteiger charge is -2.07. The fourth-order valence-electron chi connectivity index (χ4n) is 1.49. The van der Waals surface area contributed by atoms with Crippen molar-refractivity contribution in [3.05, 3.63) is 28.7 Å². The summed E-state index contributed by atoms with van der Waals surface area (Å²) in [6, 6.07) is 3.17. The highest BCUT2D eigenvalue weighted by atomic mass is 35.5. The van der Waals surface area contributed by atoms with Crippen molar-refractivity contribution >= 4 is 40.0 Å². The van der Waals surface area contributed by atoms with Gasteiger partial charge in [0.15, 0.2) is 0 Å². The van der Waals surface area contributed by atoms with E-state index in [0.717, 1.165) is 24.5 Å². The van der Waals surface area contributed by atoms with Gasteiger partial charge in [-0.05, 0) is 25.5 Å². The SMILES string of the molecule is CCCNc1cc(C(=O)Nc2nc(C)ns2)cc(Cl)n1. The maximum absolute atomic E-state index is 12.1. The number of aromatic nitrogens is 3. The van der Waals surface area contributed by atoms with E-state index in [0.29, 0.717) is 22.3 Å². The molecule has 0 spiro atoms. The van der Waals surface area contributed by atoms with Gasteiger partial charge in [-0.1, -0.05) is 18.5 Å². The zero-order valence-corrected chi connectivity index (χ0v) is 12.7. The molecule has 8 heteroatoms. The molecule has 106 valence electrons. The third-order valence-electron chi connectivity index (χ3n) is 2.36. The van der Waals surface area contributed by atoms with Gasteiger partial charge in [0.2, 0.25) is 5.13 Å². The van der Waals surface area contributed by atoms with E-state index in [-0.39, 0.29) is 11.1 Å². The maximum Gasteiger partial charge on any atom is 0.257 e. The van der Waals surface area contributed by atoms with Crippen molar-refractivity contribution < 1.29 is 4.79 Å². The second-order valence-electron chi connectivity index (χ2n) is 4.09. The van der Waals surface area contributed by atoms with Crippen LogP contribution in [0.3, 0.4) is 0 Å². The number of aryl methyl sites for hydroxylation is 1. The Morgan fingerprint density at radius 1 is 1.40 bits per heavy atom. The van der Waals surface area contributed by atoms with Gasteiger partial charge in [0.25, 0.3) is 5.91 Å². The molecule has 20 heavy (non-hydrogen) atoms. The maximum atomic E-state index is 12.1. The average Bonchev–Trinajstić information content (AvgIpc) is 2.81. The van der Waals surface area contributed by atoms with E-state index < -0.39 is 0 Å². The van der Waals surface area contributed by atoms with Crippen molar-refractivity contribution in [2.24, 2.45) is 0 Å². The van der Waals surface area contributed by atoms with Crippen molar-refractivity contribution in [2.75, 3.05) is 17.2 Å². The van der Waals surface area contributed by atoms with Gasteiger partial charge in [0.05, 0.1) is 0 Å². The molecule has 0 atom stereocenters. The number of rotatable bonds is 5. The topological polar surface area (TPSA) is 79.8 Å². The van der Waals surface area contributed by atoms with Crippen LogP contribution < -0.4 is 10.6 Å². The van der Waals surface area contributed by atoms with Crippen LogP contribution in [0.2, 0.25) is 5.15 Å². The second-order valence-corrected chi connectivity index (χ2v) is 5.23. The molecular weight excluding hydrogens is 298 g/mol. The number of amides is 1. The van der Waals surface area contributed by atoms with Crippen LogP contribution in [0.25, 0.3) is 0 Å². The minimum absolute atomic E-state index is 0.268. The molecule has 0 fully saturated rings. The van der Waals surface area contributed by atoms with Crippen LogP contribution in [0.15, 0.2) is 12.1 Å². The zero-order valence-electron chi connectivity index (χ0n) is 11.1. The summed E-state index contributed by atoms with van der Waals surface area (Å²) in [6.45, 7) is 4.58. The molecule has 0 unspecified atom stereocenters. The molecule has 2 aromatic rings. The first-order chi connectivity index (χ1) is 9.58. The Morgan fingerprint density at radius 2 is 2.20 bits per heavy atom. The van der Waals surface area contributed by atoms with Crippen LogP contribution in [0, 0.1) is 6.92 Å². The molecule has 1 amide bonds. The van der Waals surface area contributed by atoms with Crippen LogP contribution in [0.5, 0.6) is 0 Å². The standard InChI is InChI=1S/C12H14ClN5OS/c1-3-4-14-10-6-8(5-9(13)16-10)11(19)17-12-15-7(2)18-20-12/h5-6H,3-4H2,1-2H3,(H,14,16)(H,15,17,18,19). The molecule has 0 saturated heterocycles. The van der Waals surface area contributed by atoms with Gasteiger partial charge in [-0.2, -0.15) is 4.37 Å². The van der Waals surface area contributed by atoms with Gasteiger partial charge in [0, 0.05) is 23.6 Å². The molecule has 0 aliphatic carbocycles.